The van der Waals surface area contributed by atoms with Crippen LogP contribution < -0.4 is 0 Å². The Hall–Kier alpha value is -0.590. The van der Waals surface area contributed by atoms with E-state index in [1.54, 1.807) is 0 Å². The first-order valence-corrected chi connectivity index (χ1v) is 4.80. The van der Waals surface area contributed by atoms with Gasteiger partial charge in [-0.15, -0.1) is 6.58 Å². The molecular formula is C11H18O. The number of hydrogen-bond acceptors (Lipinski definition) is 1. The van der Waals surface area contributed by atoms with Gasteiger partial charge in [-0.1, -0.05) is 19.9 Å². The van der Waals surface area contributed by atoms with Gasteiger partial charge in [0.05, 0.1) is 0 Å². The average Bonchev–Trinajstić information content (AvgIpc) is 2.03. The molecule has 0 saturated heterocycles. The summed E-state index contributed by atoms with van der Waals surface area (Å²) in [6, 6.07) is 0. The van der Waals surface area contributed by atoms with Gasteiger partial charge in [-0.3, -0.25) is 4.79 Å². The second-order valence-corrected chi connectivity index (χ2v) is 4.09. The number of hydrogen-bond donors (Lipinski definition) is 0. The lowest BCUT2D eigenvalue weighted by Gasteiger charge is -2.27. The summed E-state index contributed by atoms with van der Waals surface area (Å²) in [5.41, 5.74) is 0. The van der Waals surface area contributed by atoms with Crippen LogP contribution in [0.2, 0.25) is 0 Å². The highest BCUT2D eigenvalue weighted by molar-refractivity contribution is 5.82. The van der Waals surface area contributed by atoms with Crippen LogP contribution in [0.15, 0.2) is 12.7 Å². The molecule has 68 valence electrons. The summed E-state index contributed by atoms with van der Waals surface area (Å²) in [5.74, 6) is 1.73. The summed E-state index contributed by atoms with van der Waals surface area (Å²) in [5, 5.41) is 0. The molecule has 0 aromatic carbocycles. The molecular weight excluding hydrogens is 148 g/mol. The van der Waals surface area contributed by atoms with Crippen LogP contribution in [0.5, 0.6) is 0 Å². The van der Waals surface area contributed by atoms with Crippen molar-refractivity contribution in [2.75, 3.05) is 0 Å². The molecule has 1 saturated carbocycles. The van der Waals surface area contributed by atoms with Gasteiger partial charge in [0.2, 0.25) is 0 Å². The fourth-order valence-electron chi connectivity index (χ4n) is 1.97. The normalized spacial score (nSPS) is 30.8. The Labute approximate surface area is 74.9 Å². The Morgan fingerprint density at radius 2 is 2.17 bits per heavy atom. The predicted octanol–water partition coefficient (Wildman–Crippen LogP) is 2.81. The smallest absolute Gasteiger partial charge is 0.136 e. The Morgan fingerprint density at radius 3 is 2.58 bits per heavy atom. The van der Waals surface area contributed by atoms with Gasteiger partial charge in [0.1, 0.15) is 5.78 Å². The van der Waals surface area contributed by atoms with Crippen molar-refractivity contribution in [2.45, 2.75) is 33.1 Å². The van der Waals surface area contributed by atoms with E-state index in [4.69, 9.17) is 0 Å². The van der Waals surface area contributed by atoms with Crippen molar-refractivity contribution in [3.8, 4) is 0 Å². The number of ketones is 1. The SMILES string of the molecule is C=C[C@@H]1CCC(C(C)C)C(=O)C1. The highest BCUT2D eigenvalue weighted by Gasteiger charge is 2.28. The van der Waals surface area contributed by atoms with Gasteiger partial charge in [0, 0.05) is 12.3 Å². The second-order valence-electron chi connectivity index (χ2n) is 4.09. The van der Waals surface area contributed by atoms with E-state index in [0.29, 0.717) is 23.5 Å². The van der Waals surface area contributed by atoms with Crippen molar-refractivity contribution in [1.29, 1.82) is 0 Å². The molecule has 1 unspecified atom stereocenters. The van der Waals surface area contributed by atoms with Gasteiger partial charge in [-0.05, 0) is 24.7 Å². The van der Waals surface area contributed by atoms with E-state index in [1.165, 1.54) is 0 Å². The fourth-order valence-corrected chi connectivity index (χ4v) is 1.97. The Morgan fingerprint density at radius 1 is 1.50 bits per heavy atom. The maximum Gasteiger partial charge on any atom is 0.136 e. The van der Waals surface area contributed by atoms with E-state index in [0.717, 1.165) is 19.3 Å². The van der Waals surface area contributed by atoms with E-state index in [1.807, 2.05) is 6.08 Å². The summed E-state index contributed by atoms with van der Waals surface area (Å²) in [6.45, 7) is 8.01. The summed E-state index contributed by atoms with van der Waals surface area (Å²) in [6.07, 6.45) is 4.87. The van der Waals surface area contributed by atoms with Crippen molar-refractivity contribution < 1.29 is 4.79 Å². The summed E-state index contributed by atoms with van der Waals surface area (Å²) in [4.78, 5) is 11.6. The maximum atomic E-state index is 11.6. The van der Waals surface area contributed by atoms with Crippen molar-refractivity contribution in [2.24, 2.45) is 17.8 Å². The van der Waals surface area contributed by atoms with Crippen molar-refractivity contribution in [1.82, 2.24) is 0 Å². The lowest BCUT2D eigenvalue weighted by Crippen LogP contribution is -2.27. The summed E-state index contributed by atoms with van der Waals surface area (Å²) in [7, 11) is 0. The van der Waals surface area contributed by atoms with Crippen LogP contribution in [0.25, 0.3) is 0 Å². The first-order valence-electron chi connectivity index (χ1n) is 4.80. The molecule has 0 heterocycles. The van der Waals surface area contributed by atoms with Crippen LogP contribution in [-0.4, -0.2) is 5.78 Å². The molecule has 1 fully saturated rings. The second kappa shape index (κ2) is 3.88. The van der Waals surface area contributed by atoms with Gasteiger partial charge in [0.15, 0.2) is 0 Å². The minimum atomic E-state index is 0.321. The Balaban J connectivity index is 2.53. The molecule has 1 aliphatic rings. The van der Waals surface area contributed by atoms with Crippen molar-refractivity contribution in [3.05, 3.63) is 12.7 Å². The third-order valence-corrected chi connectivity index (χ3v) is 2.86. The highest BCUT2D eigenvalue weighted by Crippen LogP contribution is 2.30. The number of Topliss-reactive ketones (excluding diaryl/α,β-unsaturated/α-hetero) is 1. The molecule has 0 bridgehead atoms. The zero-order chi connectivity index (χ0) is 9.14. The topological polar surface area (TPSA) is 17.1 Å². The number of rotatable bonds is 2. The van der Waals surface area contributed by atoms with Gasteiger partial charge in [0.25, 0.3) is 0 Å². The van der Waals surface area contributed by atoms with E-state index in [-0.39, 0.29) is 0 Å². The third-order valence-electron chi connectivity index (χ3n) is 2.86. The molecule has 0 aromatic rings. The predicted molar refractivity (Wildman–Crippen MR) is 50.9 cm³/mol. The zero-order valence-electron chi connectivity index (χ0n) is 8.05. The Kier molecular flexibility index (Phi) is 3.07. The first-order chi connectivity index (χ1) is 5.65. The summed E-state index contributed by atoms with van der Waals surface area (Å²) < 4.78 is 0. The molecule has 0 spiro atoms. The average molecular weight is 166 g/mol. The molecule has 1 aliphatic carbocycles. The van der Waals surface area contributed by atoms with E-state index >= 15 is 0 Å². The van der Waals surface area contributed by atoms with Gasteiger partial charge in [-0.2, -0.15) is 0 Å². The third kappa shape index (κ3) is 1.96. The lowest BCUT2D eigenvalue weighted by atomic mass is 9.76. The fraction of sp³-hybridized carbons (Fsp3) is 0.727. The van der Waals surface area contributed by atoms with Gasteiger partial charge < -0.3 is 0 Å². The molecule has 0 aromatic heterocycles. The molecule has 12 heavy (non-hydrogen) atoms. The van der Waals surface area contributed by atoms with Crippen LogP contribution in [-0.2, 0) is 4.79 Å². The molecule has 0 amide bonds. The number of carbonyl (C=O) groups is 1. The van der Waals surface area contributed by atoms with Gasteiger partial charge >= 0.3 is 0 Å². The lowest BCUT2D eigenvalue weighted by molar-refractivity contribution is -0.126. The molecule has 2 atom stereocenters. The molecule has 0 aliphatic heterocycles. The molecule has 0 N–H and O–H groups in total. The van der Waals surface area contributed by atoms with Crippen LogP contribution in [0, 0.1) is 17.8 Å². The molecule has 1 heteroatoms. The van der Waals surface area contributed by atoms with Crippen molar-refractivity contribution >= 4 is 5.78 Å². The van der Waals surface area contributed by atoms with E-state index < -0.39 is 0 Å². The number of carbonyl (C=O) groups excluding carboxylic acids is 1. The Bertz CT molecular complexity index is 181. The van der Waals surface area contributed by atoms with E-state index in [9.17, 15) is 4.79 Å². The van der Waals surface area contributed by atoms with E-state index in [2.05, 4.69) is 20.4 Å². The molecule has 1 rings (SSSR count). The van der Waals surface area contributed by atoms with Crippen LogP contribution in [0.4, 0.5) is 0 Å². The standard InChI is InChI=1S/C11H18O/c1-4-9-5-6-10(8(2)3)11(12)7-9/h4,8-10H,1,5-7H2,2-3H3/t9-,10?/m1/s1. The van der Waals surface area contributed by atoms with Crippen LogP contribution >= 0.6 is 0 Å². The van der Waals surface area contributed by atoms with Crippen LogP contribution in [0.1, 0.15) is 33.1 Å². The van der Waals surface area contributed by atoms with Crippen LogP contribution in [0.3, 0.4) is 0 Å². The molecule has 0 radical (unpaired) electrons. The maximum absolute atomic E-state index is 11.6. The zero-order valence-corrected chi connectivity index (χ0v) is 8.05. The summed E-state index contributed by atoms with van der Waals surface area (Å²) >= 11 is 0. The first kappa shape index (κ1) is 9.50. The largest absolute Gasteiger partial charge is 0.299 e. The number of allylic oxidation sites excluding steroid dienone is 1. The minimum Gasteiger partial charge on any atom is -0.299 e. The monoisotopic (exact) mass is 166 g/mol. The highest BCUT2D eigenvalue weighted by atomic mass is 16.1. The van der Waals surface area contributed by atoms with Crippen molar-refractivity contribution in [3.63, 3.8) is 0 Å². The van der Waals surface area contributed by atoms with Gasteiger partial charge in [-0.25, -0.2) is 0 Å². The quantitative estimate of drug-likeness (QED) is 0.576. The molecule has 1 nitrogen and oxygen atoms in total. The minimum absolute atomic E-state index is 0.321.